The van der Waals surface area contributed by atoms with Crippen LogP contribution in [-0.2, 0) is 16.1 Å². The first kappa shape index (κ1) is 18.2. The summed E-state index contributed by atoms with van der Waals surface area (Å²) in [5.74, 6) is -2.54. The minimum absolute atomic E-state index is 0.170. The van der Waals surface area contributed by atoms with Crippen LogP contribution in [0.4, 0.5) is 5.69 Å². The number of halogens is 1. The highest BCUT2D eigenvalue weighted by Crippen LogP contribution is 2.37. The number of hydrogen-bond acceptors (Lipinski definition) is 5. The van der Waals surface area contributed by atoms with E-state index >= 15 is 0 Å². The third kappa shape index (κ3) is 3.25. The lowest BCUT2D eigenvalue weighted by molar-refractivity contribution is -0.134. The predicted octanol–water partition coefficient (Wildman–Crippen LogP) is 2.36. The number of amides is 4. The Morgan fingerprint density at radius 2 is 1.86 bits per heavy atom. The van der Waals surface area contributed by atoms with Gasteiger partial charge in [0.15, 0.2) is 0 Å². The number of fused-ring (bicyclic) bond motifs is 1. The van der Waals surface area contributed by atoms with Crippen LogP contribution in [0.2, 0.25) is 5.02 Å². The maximum atomic E-state index is 12.5. The summed E-state index contributed by atoms with van der Waals surface area (Å²) in [7, 11) is 0. The number of imide groups is 2. The number of hydrogen-bond donors (Lipinski definition) is 3. The Morgan fingerprint density at radius 3 is 2.61 bits per heavy atom. The highest BCUT2D eigenvalue weighted by Gasteiger charge is 2.38. The maximum absolute atomic E-state index is 12.5. The number of carbonyl (C=O) groups is 4. The summed E-state index contributed by atoms with van der Waals surface area (Å²) < 4.78 is 0. The van der Waals surface area contributed by atoms with Crippen molar-refractivity contribution in [1.29, 1.82) is 0 Å². The molecule has 1 atom stereocenters. The quantitative estimate of drug-likeness (QED) is 0.687. The Kier molecular flexibility index (Phi) is 4.60. The van der Waals surface area contributed by atoms with Crippen LogP contribution in [0, 0.1) is 0 Å². The second-order valence-electron chi connectivity index (χ2n) is 6.72. The van der Waals surface area contributed by atoms with E-state index in [0.717, 1.165) is 5.56 Å². The molecule has 8 heteroatoms. The number of benzene rings is 2. The van der Waals surface area contributed by atoms with Crippen molar-refractivity contribution in [3.63, 3.8) is 0 Å². The van der Waals surface area contributed by atoms with Gasteiger partial charge >= 0.3 is 0 Å². The summed E-state index contributed by atoms with van der Waals surface area (Å²) in [5.41, 5.74) is 2.35. The zero-order valence-corrected chi connectivity index (χ0v) is 15.4. The zero-order valence-electron chi connectivity index (χ0n) is 14.7. The second kappa shape index (κ2) is 7.09. The molecule has 1 saturated heterocycles. The maximum Gasteiger partial charge on any atom is 0.259 e. The van der Waals surface area contributed by atoms with E-state index in [1.165, 1.54) is 0 Å². The van der Waals surface area contributed by atoms with Crippen LogP contribution in [0.15, 0.2) is 36.4 Å². The molecule has 1 fully saturated rings. The van der Waals surface area contributed by atoms with E-state index in [9.17, 15) is 19.2 Å². The van der Waals surface area contributed by atoms with E-state index in [1.54, 1.807) is 18.2 Å². The summed E-state index contributed by atoms with van der Waals surface area (Å²) in [6.45, 7) is 0.412. The third-order valence-corrected chi connectivity index (χ3v) is 5.14. The Balaban J connectivity index is 1.75. The van der Waals surface area contributed by atoms with Gasteiger partial charge in [-0.05, 0) is 36.2 Å². The van der Waals surface area contributed by atoms with Crippen molar-refractivity contribution in [2.24, 2.45) is 0 Å². The highest BCUT2D eigenvalue weighted by molar-refractivity contribution is 6.30. The van der Waals surface area contributed by atoms with E-state index in [2.05, 4.69) is 16.0 Å². The van der Waals surface area contributed by atoms with Gasteiger partial charge in [-0.2, -0.15) is 0 Å². The molecule has 2 aromatic carbocycles. The van der Waals surface area contributed by atoms with Crippen LogP contribution in [0.1, 0.15) is 50.6 Å². The van der Waals surface area contributed by atoms with E-state index in [-0.39, 0.29) is 29.9 Å². The van der Waals surface area contributed by atoms with Crippen LogP contribution in [0.5, 0.6) is 0 Å². The molecule has 28 heavy (non-hydrogen) atoms. The van der Waals surface area contributed by atoms with Gasteiger partial charge in [-0.15, -0.1) is 0 Å². The zero-order chi connectivity index (χ0) is 19.8. The summed E-state index contributed by atoms with van der Waals surface area (Å²) in [6.07, 6.45) is 0.442. The second-order valence-corrected chi connectivity index (χ2v) is 7.16. The first-order chi connectivity index (χ1) is 13.4. The largest absolute Gasteiger partial charge is 0.381 e. The third-order valence-electron chi connectivity index (χ3n) is 4.90. The van der Waals surface area contributed by atoms with Crippen LogP contribution >= 0.6 is 11.6 Å². The van der Waals surface area contributed by atoms with Crippen molar-refractivity contribution >= 4 is 40.9 Å². The van der Waals surface area contributed by atoms with Crippen molar-refractivity contribution in [3.05, 3.63) is 63.7 Å². The monoisotopic (exact) mass is 397 g/mol. The van der Waals surface area contributed by atoms with Crippen molar-refractivity contribution in [2.75, 3.05) is 5.32 Å². The first-order valence-electron chi connectivity index (χ1n) is 8.78. The Hall–Kier alpha value is -3.19. The molecular formula is C20H16ClN3O4. The van der Waals surface area contributed by atoms with Gasteiger partial charge in [0, 0.05) is 29.2 Å². The fourth-order valence-electron chi connectivity index (χ4n) is 3.62. The van der Waals surface area contributed by atoms with Crippen LogP contribution in [0.3, 0.4) is 0 Å². The average Bonchev–Trinajstić information content (AvgIpc) is 2.94. The number of carbonyl (C=O) groups excluding carboxylic acids is 4. The summed E-state index contributed by atoms with van der Waals surface area (Å²) in [6, 6.07) is 10.5. The van der Waals surface area contributed by atoms with Gasteiger partial charge < -0.3 is 5.32 Å². The lowest BCUT2D eigenvalue weighted by Crippen LogP contribution is -2.40. The lowest BCUT2D eigenvalue weighted by atomic mass is 9.84. The lowest BCUT2D eigenvalue weighted by Gasteiger charge is -2.25. The minimum Gasteiger partial charge on any atom is -0.381 e. The van der Waals surface area contributed by atoms with Crippen LogP contribution in [-0.4, -0.2) is 23.6 Å². The van der Waals surface area contributed by atoms with Crippen molar-refractivity contribution in [3.8, 4) is 0 Å². The van der Waals surface area contributed by atoms with E-state index in [1.807, 2.05) is 18.2 Å². The van der Waals surface area contributed by atoms with Gasteiger partial charge in [0.25, 0.3) is 11.8 Å². The Labute approximate surface area is 165 Å². The molecule has 0 spiro atoms. The molecule has 0 aromatic heterocycles. The molecule has 4 amide bonds. The molecule has 0 radical (unpaired) electrons. The van der Waals surface area contributed by atoms with Gasteiger partial charge in [0.05, 0.1) is 17.0 Å². The number of piperidine rings is 1. The number of anilines is 1. The molecule has 2 heterocycles. The van der Waals surface area contributed by atoms with Crippen molar-refractivity contribution in [1.82, 2.24) is 10.6 Å². The molecule has 0 aliphatic carbocycles. The predicted molar refractivity (Wildman–Crippen MR) is 102 cm³/mol. The molecule has 142 valence electrons. The van der Waals surface area contributed by atoms with Crippen molar-refractivity contribution < 1.29 is 19.2 Å². The van der Waals surface area contributed by atoms with E-state index in [0.29, 0.717) is 22.8 Å². The molecule has 2 aliphatic heterocycles. The standard InChI is InChI=1S/C20H16ClN3O4/c21-11-3-1-2-10(8-11)9-22-14-6-4-13-17(20(28)24-19(13)27)16(14)12-5-7-15(25)23-18(12)26/h1-4,6,8,12,22H,5,7,9H2,(H,23,25,26)(H,24,27,28). The van der Waals surface area contributed by atoms with Gasteiger partial charge in [-0.3, -0.25) is 29.8 Å². The molecule has 0 bridgehead atoms. The highest BCUT2D eigenvalue weighted by atomic mass is 35.5. The molecule has 2 aliphatic rings. The summed E-state index contributed by atoms with van der Waals surface area (Å²) in [5, 5.41) is 8.42. The fourth-order valence-corrected chi connectivity index (χ4v) is 3.83. The van der Waals surface area contributed by atoms with Gasteiger partial charge in [-0.25, -0.2) is 0 Å². The van der Waals surface area contributed by atoms with Crippen LogP contribution in [0.25, 0.3) is 0 Å². The molecule has 3 N–H and O–H groups in total. The topological polar surface area (TPSA) is 104 Å². The molecule has 4 rings (SSSR count). The molecular weight excluding hydrogens is 382 g/mol. The van der Waals surface area contributed by atoms with E-state index in [4.69, 9.17) is 11.6 Å². The van der Waals surface area contributed by atoms with Gasteiger partial charge in [-0.1, -0.05) is 23.7 Å². The Bertz CT molecular complexity index is 1030. The minimum atomic E-state index is -0.703. The fraction of sp³-hybridized carbons (Fsp3) is 0.200. The SMILES string of the molecule is O=C1CCC(c2c(NCc3cccc(Cl)c3)ccc3c2C(=O)NC3=O)C(=O)N1. The van der Waals surface area contributed by atoms with Gasteiger partial charge in [0.2, 0.25) is 11.8 Å². The molecule has 0 saturated carbocycles. The average molecular weight is 398 g/mol. The normalized spacial score (nSPS) is 18.5. The summed E-state index contributed by atoms with van der Waals surface area (Å²) in [4.78, 5) is 48.5. The number of nitrogens with one attached hydrogen (secondary N) is 3. The molecule has 7 nitrogen and oxygen atoms in total. The van der Waals surface area contributed by atoms with Gasteiger partial charge in [0.1, 0.15) is 0 Å². The molecule has 2 aromatic rings. The van der Waals surface area contributed by atoms with E-state index < -0.39 is 23.6 Å². The molecule has 1 unspecified atom stereocenters. The van der Waals surface area contributed by atoms with Crippen molar-refractivity contribution in [2.45, 2.75) is 25.3 Å². The summed E-state index contributed by atoms with van der Waals surface area (Å²) >= 11 is 6.02. The first-order valence-corrected chi connectivity index (χ1v) is 9.16. The van der Waals surface area contributed by atoms with Crippen LogP contribution < -0.4 is 16.0 Å². The number of rotatable bonds is 4. The Morgan fingerprint density at radius 1 is 1.04 bits per heavy atom. The smallest absolute Gasteiger partial charge is 0.259 e.